The molecular weight excluding hydrogens is 414 g/mol. The summed E-state index contributed by atoms with van der Waals surface area (Å²) >= 11 is 0. The van der Waals surface area contributed by atoms with E-state index >= 15 is 0 Å². The van der Waals surface area contributed by atoms with Crippen LogP contribution in [0, 0.1) is 0 Å². The highest BCUT2D eigenvalue weighted by molar-refractivity contribution is 6.05. The number of rotatable bonds is 3. The van der Waals surface area contributed by atoms with Crippen LogP contribution < -0.4 is 11.1 Å². The van der Waals surface area contributed by atoms with Gasteiger partial charge in [0, 0.05) is 24.0 Å². The van der Waals surface area contributed by atoms with Gasteiger partial charge in [-0.1, -0.05) is 36.8 Å². The van der Waals surface area contributed by atoms with E-state index in [4.69, 9.17) is 5.73 Å². The first-order valence-corrected chi connectivity index (χ1v) is 11.4. The third-order valence-corrected chi connectivity index (χ3v) is 6.73. The van der Waals surface area contributed by atoms with E-state index in [0.717, 1.165) is 36.0 Å². The van der Waals surface area contributed by atoms with Gasteiger partial charge in [0.05, 0.1) is 10.9 Å². The lowest BCUT2D eigenvalue weighted by Gasteiger charge is -2.42. The van der Waals surface area contributed by atoms with Gasteiger partial charge in [0.2, 0.25) is 11.9 Å². The summed E-state index contributed by atoms with van der Waals surface area (Å²) in [6.45, 7) is 7.04. The van der Waals surface area contributed by atoms with Crippen molar-refractivity contribution in [3.05, 3.63) is 64.8 Å². The van der Waals surface area contributed by atoms with Crippen molar-refractivity contribution < 1.29 is 9.59 Å². The fourth-order valence-corrected chi connectivity index (χ4v) is 4.87. The number of amides is 2. The molecule has 7 nitrogen and oxygen atoms in total. The Morgan fingerprint density at radius 3 is 2.27 bits per heavy atom. The Balaban J connectivity index is 1.55. The maximum Gasteiger partial charge on any atom is 0.273 e. The second-order valence-corrected chi connectivity index (χ2v) is 10.2. The number of hydrogen-bond acceptors (Lipinski definition) is 5. The molecule has 7 heteroatoms. The topological polar surface area (TPSA) is 101 Å². The zero-order valence-electron chi connectivity index (χ0n) is 19.3. The second-order valence-electron chi connectivity index (χ2n) is 10.2. The molecule has 3 N–H and O–H groups in total. The summed E-state index contributed by atoms with van der Waals surface area (Å²) in [6.07, 6.45) is 2.55. The fraction of sp³-hybridized carbons (Fsp3) is 0.385. The smallest absolute Gasteiger partial charge is 0.273 e. The number of anilines is 1. The predicted octanol–water partition coefficient (Wildman–Crippen LogP) is 3.70. The van der Waals surface area contributed by atoms with Gasteiger partial charge in [-0.3, -0.25) is 9.59 Å². The normalized spacial score (nSPS) is 16.9. The maximum absolute atomic E-state index is 13.5. The largest absolute Gasteiger partial charge is 0.368 e. The summed E-state index contributed by atoms with van der Waals surface area (Å²) in [5, 5.41) is 3.78. The van der Waals surface area contributed by atoms with Crippen molar-refractivity contribution in [2.75, 3.05) is 5.73 Å². The van der Waals surface area contributed by atoms with E-state index in [1.54, 1.807) is 4.90 Å². The Morgan fingerprint density at radius 1 is 1.03 bits per heavy atom. The van der Waals surface area contributed by atoms with Crippen LogP contribution in [0.3, 0.4) is 0 Å². The van der Waals surface area contributed by atoms with Crippen molar-refractivity contribution in [1.29, 1.82) is 0 Å². The third kappa shape index (κ3) is 3.71. The molecule has 0 atom stereocenters. The molecule has 0 saturated heterocycles. The van der Waals surface area contributed by atoms with Gasteiger partial charge < -0.3 is 16.0 Å². The molecule has 0 bridgehead atoms. The summed E-state index contributed by atoms with van der Waals surface area (Å²) < 4.78 is 0. The number of benzene rings is 2. The second kappa shape index (κ2) is 7.54. The lowest BCUT2D eigenvalue weighted by molar-refractivity contribution is -0.131. The van der Waals surface area contributed by atoms with E-state index in [0.29, 0.717) is 24.0 Å². The number of carbonyl (C=O) groups is 2. The minimum absolute atomic E-state index is 0.0276. The van der Waals surface area contributed by atoms with Crippen LogP contribution in [-0.4, -0.2) is 32.2 Å². The Labute approximate surface area is 193 Å². The van der Waals surface area contributed by atoms with Crippen molar-refractivity contribution in [3.8, 4) is 0 Å². The molecule has 2 aliphatic rings. The van der Waals surface area contributed by atoms with E-state index in [9.17, 15) is 9.59 Å². The van der Waals surface area contributed by atoms with Crippen molar-refractivity contribution in [1.82, 2.24) is 20.2 Å². The minimum Gasteiger partial charge on any atom is -0.368 e. The highest BCUT2D eigenvalue weighted by Crippen LogP contribution is 2.45. The molecule has 2 amide bonds. The van der Waals surface area contributed by atoms with Gasteiger partial charge in [-0.15, -0.1) is 0 Å². The Bertz CT molecular complexity index is 1250. The van der Waals surface area contributed by atoms with Gasteiger partial charge in [-0.25, -0.2) is 9.97 Å². The van der Waals surface area contributed by atoms with Crippen LogP contribution in [0.15, 0.2) is 42.5 Å². The molecular formula is C26H29N5O2. The zero-order chi connectivity index (χ0) is 23.4. The molecule has 0 radical (unpaired) electrons. The van der Waals surface area contributed by atoms with E-state index in [-0.39, 0.29) is 29.0 Å². The number of nitrogens with one attached hydrogen (secondary N) is 1. The molecule has 5 rings (SSSR count). The van der Waals surface area contributed by atoms with Crippen molar-refractivity contribution in [2.24, 2.45) is 0 Å². The molecule has 2 heterocycles. The molecule has 1 aliphatic heterocycles. The first kappa shape index (κ1) is 21.4. The number of carbonyl (C=O) groups excluding carboxylic acids is 2. The molecule has 1 saturated carbocycles. The lowest BCUT2D eigenvalue weighted by Crippen LogP contribution is -2.54. The molecule has 0 spiro atoms. The average Bonchev–Trinajstić information content (AvgIpc) is 3.15. The van der Waals surface area contributed by atoms with Gasteiger partial charge in [0.15, 0.2) is 0 Å². The minimum atomic E-state index is -0.590. The van der Waals surface area contributed by atoms with E-state index in [2.05, 4.69) is 15.3 Å². The number of fused-ring (bicyclic) bond motifs is 2. The van der Waals surface area contributed by atoms with Crippen LogP contribution in [0.4, 0.5) is 5.95 Å². The Kier molecular flexibility index (Phi) is 4.88. The van der Waals surface area contributed by atoms with Crippen LogP contribution in [0.1, 0.15) is 67.2 Å². The first-order valence-electron chi connectivity index (χ1n) is 11.4. The quantitative estimate of drug-likeness (QED) is 0.643. The SMILES string of the molecule is CC(C)(C)NC(=O)C1(c2ccc3nc(N)nc(C(=O)N4Cc5ccccc5C4)c3c2)CCC1. The summed E-state index contributed by atoms with van der Waals surface area (Å²) in [5.41, 5.74) is 9.14. The van der Waals surface area contributed by atoms with Crippen LogP contribution >= 0.6 is 0 Å². The maximum atomic E-state index is 13.5. The molecule has 3 aromatic rings. The highest BCUT2D eigenvalue weighted by atomic mass is 16.2. The summed E-state index contributed by atoms with van der Waals surface area (Å²) in [7, 11) is 0. The fourth-order valence-electron chi connectivity index (χ4n) is 4.87. The molecule has 0 unspecified atom stereocenters. The monoisotopic (exact) mass is 443 g/mol. The van der Waals surface area contributed by atoms with E-state index in [1.807, 2.05) is 63.2 Å². The molecule has 33 heavy (non-hydrogen) atoms. The van der Waals surface area contributed by atoms with Gasteiger partial charge in [0.25, 0.3) is 5.91 Å². The number of hydrogen-bond donors (Lipinski definition) is 2. The van der Waals surface area contributed by atoms with Gasteiger partial charge in [-0.2, -0.15) is 0 Å². The number of nitrogen functional groups attached to an aromatic ring is 1. The Hall–Kier alpha value is -3.48. The number of nitrogens with zero attached hydrogens (tertiary/aromatic N) is 3. The molecule has 1 aromatic heterocycles. The molecule has 2 aromatic carbocycles. The average molecular weight is 444 g/mol. The van der Waals surface area contributed by atoms with Crippen LogP contribution in [-0.2, 0) is 23.3 Å². The van der Waals surface area contributed by atoms with Gasteiger partial charge in [-0.05, 0) is 62.4 Å². The molecule has 1 fully saturated rings. The third-order valence-electron chi connectivity index (χ3n) is 6.73. The van der Waals surface area contributed by atoms with Crippen molar-refractivity contribution in [2.45, 2.75) is 64.1 Å². The number of nitrogens with two attached hydrogens (primary N) is 1. The van der Waals surface area contributed by atoms with Crippen LogP contribution in [0.2, 0.25) is 0 Å². The highest BCUT2D eigenvalue weighted by Gasteiger charge is 2.46. The number of aromatic nitrogens is 2. The summed E-state index contributed by atoms with van der Waals surface area (Å²) in [6, 6.07) is 13.8. The lowest BCUT2D eigenvalue weighted by atomic mass is 9.63. The summed E-state index contributed by atoms with van der Waals surface area (Å²) in [5.74, 6) is -0.0803. The van der Waals surface area contributed by atoms with E-state index < -0.39 is 5.41 Å². The molecule has 1 aliphatic carbocycles. The standard InChI is InChI=1S/C26H29N5O2/c1-25(2,3)30-23(33)26(11-6-12-26)18-9-10-20-19(13-18)21(29-24(27)28-20)22(32)31-14-16-7-4-5-8-17(16)15-31/h4-5,7-10,13H,6,11-12,14-15H2,1-3H3,(H,30,33)(H2,27,28,29). The van der Waals surface area contributed by atoms with E-state index in [1.165, 1.54) is 0 Å². The zero-order valence-corrected chi connectivity index (χ0v) is 19.3. The van der Waals surface area contributed by atoms with Gasteiger partial charge >= 0.3 is 0 Å². The summed E-state index contributed by atoms with van der Waals surface area (Å²) in [4.78, 5) is 37.3. The van der Waals surface area contributed by atoms with Crippen molar-refractivity contribution in [3.63, 3.8) is 0 Å². The molecule has 170 valence electrons. The first-order chi connectivity index (χ1) is 15.7. The van der Waals surface area contributed by atoms with Crippen molar-refractivity contribution >= 4 is 28.7 Å². The van der Waals surface area contributed by atoms with Crippen LogP contribution in [0.5, 0.6) is 0 Å². The Morgan fingerprint density at radius 2 is 1.70 bits per heavy atom. The predicted molar refractivity (Wildman–Crippen MR) is 127 cm³/mol. The van der Waals surface area contributed by atoms with Gasteiger partial charge in [0.1, 0.15) is 5.69 Å². The van der Waals surface area contributed by atoms with Crippen LogP contribution in [0.25, 0.3) is 10.9 Å².